The van der Waals surface area contributed by atoms with Crippen molar-refractivity contribution in [3.63, 3.8) is 0 Å². The van der Waals surface area contributed by atoms with E-state index in [1.807, 2.05) is 18.2 Å². The highest BCUT2D eigenvalue weighted by Gasteiger charge is 2.27. The van der Waals surface area contributed by atoms with E-state index in [0.29, 0.717) is 6.54 Å². The molecular formula is C18H23N3OS. The summed E-state index contributed by atoms with van der Waals surface area (Å²) in [6.07, 6.45) is 3.48. The van der Waals surface area contributed by atoms with Crippen LogP contribution in [0.25, 0.3) is 11.3 Å². The second-order valence-electron chi connectivity index (χ2n) is 6.19. The fourth-order valence-electron chi connectivity index (χ4n) is 3.11. The molecule has 3 N–H and O–H groups in total. The minimum absolute atomic E-state index is 0.0999. The number of carbonyl (C=O) groups is 1. The minimum atomic E-state index is 0.0999. The van der Waals surface area contributed by atoms with Crippen molar-refractivity contribution in [1.82, 2.24) is 10.3 Å². The molecule has 1 aliphatic carbocycles. The van der Waals surface area contributed by atoms with E-state index >= 15 is 0 Å². The Balaban J connectivity index is 1.54. The number of nitrogens with zero attached hydrogens (tertiary/aromatic N) is 1. The fourth-order valence-corrected chi connectivity index (χ4v) is 4.07. The van der Waals surface area contributed by atoms with Gasteiger partial charge in [0.1, 0.15) is 0 Å². The number of aryl methyl sites for hydroxylation is 1. The van der Waals surface area contributed by atoms with Crippen molar-refractivity contribution >= 4 is 17.2 Å². The van der Waals surface area contributed by atoms with Gasteiger partial charge >= 0.3 is 0 Å². The maximum Gasteiger partial charge on any atom is 0.223 e. The van der Waals surface area contributed by atoms with Gasteiger partial charge < -0.3 is 11.1 Å². The highest BCUT2D eigenvalue weighted by Crippen LogP contribution is 2.27. The number of nitrogens with two attached hydrogens (primary N) is 1. The molecule has 2 atom stereocenters. The van der Waals surface area contributed by atoms with Crippen LogP contribution >= 0.6 is 11.3 Å². The maximum atomic E-state index is 12.1. The Bertz CT molecular complexity index is 668. The van der Waals surface area contributed by atoms with Crippen molar-refractivity contribution in [3.8, 4) is 11.3 Å². The van der Waals surface area contributed by atoms with Crippen LogP contribution in [0.1, 0.15) is 29.1 Å². The third-order valence-electron chi connectivity index (χ3n) is 4.37. The first-order valence-corrected chi connectivity index (χ1v) is 9.00. The van der Waals surface area contributed by atoms with Gasteiger partial charge in [-0.15, -0.1) is 11.3 Å². The molecule has 23 heavy (non-hydrogen) atoms. The van der Waals surface area contributed by atoms with Crippen LogP contribution in [0, 0.1) is 12.8 Å². The van der Waals surface area contributed by atoms with Gasteiger partial charge in [0.2, 0.25) is 5.91 Å². The summed E-state index contributed by atoms with van der Waals surface area (Å²) in [6.45, 7) is 2.74. The zero-order valence-electron chi connectivity index (χ0n) is 13.4. The maximum absolute atomic E-state index is 12.1. The quantitative estimate of drug-likeness (QED) is 0.886. The Morgan fingerprint density at radius 1 is 1.35 bits per heavy atom. The van der Waals surface area contributed by atoms with Gasteiger partial charge in [0.05, 0.1) is 10.7 Å². The van der Waals surface area contributed by atoms with Crippen molar-refractivity contribution in [1.29, 1.82) is 0 Å². The normalized spacial score (nSPS) is 20.6. The summed E-state index contributed by atoms with van der Waals surface area (Å²) in [7, 11) is 0. The average Bonchev–Trinajstić information content (AvgIpc) is 3.14. The van der Waals surface area contributed by atoms with Crippen molar-refractivity contribution in [2.45, 2.75) is 38.6 Å². The first-order valence-electron chi connectivity index (χ1n) is 8.18. The summed E-state index contributed by atoms with van der Waals surface area (Å²) in [5.74, 6) is 0.248. The summed E-state index contributed by atoms with van der Waals surface area (Å²) in [4.78, 5) is 18.0. The summed E-state index contributed by atoms with van der Waals surface area (Å²) in [5, 5.41) is 4.11. The molecule has 1 heterocycles. The lowest BCUT2D eigenvalue weighted by molar-refractivity contribution is -0.124. The van der Waals surface area contributed by atoms with Crippen LogP contribution in [0.4, 0.5) is 0 Å². The number of carbonyl (C=O) groups excluding carboxylic acids is 1. The standard InChI is InChI=1S/C18H23N3OS/c1-12-17(13-5-3-2-4-6-13)21-16(23-12)9-10-20-18(22)14-7-8-15(19)11-14/h2-6,14-15H,7-11,19H2,1H3,(H,20,22). The molecule has 1 fully saturated rings. The Hall–Kier alpha value is -1.72. The van der Waals surface area contributed by atoms with Gasteiger partial charge in [0.25, 0.3) is 0 Å². The second-order valence-corrected chi connectivity index (χ2v) is 7.48. The van der Waals surface area contributed by atoms with Gasteiger partial charge in [-0.05, 0) is 26.2 Å². The molecule has 0 aliphatic heterocycles. The summed E-state index contributed by atoms with van der Waals surface area (Å²) < 4.78 is 0. The van der Waals surface area contributed by atoms with E-state index in [4.69, 9.17) is 10.7 Å². The topological polar surface area (TPSA) is 68.0 Å². The van der Waals surface area contributed by atoms with Gasteiger partial charge in [-0.3, -0.25) is 4.79 Å². The van der Waals surface area contributed by atoms with Gasteiger partial charge in [-0.1, -0.05) is 30.3 Å². The molecule has 1 saturated carbocycles. The number of thiazole rings is 1. The van der Waals surface area contributed by atoms with Crippen LogP contribution in [0.3, 0.4) is 0 Å². The van der Waals surface area contributed by atoms with E-state index in [-0.39, 0.29) is 17.9 Å². The zero-order valence-corrected chi connectivity index (χ0v) is 14.2. The average molecular weight is 329 g/mol. The molecule has 1 aromatic heterocycles. The monoisotopic (exact) mass is 329 g/mol. The molecule has 0 spiro atoms. The van der Waals surface area contributed by atoms with Crippen LogP contribution in [0.15, 0.2) is 30.3 Å². The molecule has 0 radical (unpaired) electrons. The molecule has 0 bridgehead atoms. The highest BCUT2D eigenvalue weighted by molar-refractivity contribution is 7.12. The number of nitrogens with one attached hydrogen (secondary N) is 1. The van der Waals surface area contributed by atoms with E-state index in [9.17, 15) is 4.79 Å². The van der Waals surface area contributed by atoms with E-state index in [2.05, 4.69) is 24.4 Å². The number of rotatable bonds is 5. The molecule has 2 unspecified atom stereocenters. The third-order valence-corrected chi connectivity index (χ3v) is 5.40. The highest BCUT2D eigenvalue weighted by atomic mass is 32.1. The second kappa shape index (κ2) is 7.23. The smallest absolute Gasteiger partial charge is 0.223 e. The Kier molecular flexibility index (Phi) is 5.08. The number of amides is 1. The molecule has 122 valence electrons. The van der Waals surface area contributed by atoms with Crippen LogP contribution in [0.5, 0.6) is 0 Å². The first kappa shape index (κ1) is 16.1. The molecule has 0 saturated heterocycles. The number of hydrogen-bond donors (Lipinski definition) is 2. The SMILES string of the molecule is Cc1sc(CCNC(=O)C2CCC(N)C2)nc1-c1ccccc1. The van der Waals surface area contributed by atoms with Crippen LogP contribution in [-0.2, 0) is 11.2 Å². The van der Waals surface area contributed by atoms with Crippen LogP contribution < -0.4 is 11.1 Å². The fraction of sp³-hybridized carbons (Fsp3) is 0.444. The largest absolute Gasteiger partial charge is 0.355 e. The summed E-state index contributed by atoms with van der Waals surface area (Å²) in [5.41, 5.74) is 8.07. The molecule has 1 amide bonds. The van der Waals surface area contributed by atoms with E-state index in [1.165, 1.54) is 4.88 Å². The molecular weight excluding hydrogens is 306 g/mol. The van der Waals surface area contributed by atoms with E-state index in [1.54, 1.807) is 11.3 Å². The number of aromatic nitrogens is 1. The number of hydrogen-bond acceptors (Lipinski definition) is 4. The van der Waals surface area contributed by atoms with Crippen LogP contribution in [0.2, 0.25) is 0 Å². The number of benzene rings is 1. The molecule has 1 aliphatic rings. The van der Waals surface area contributed by atoms with Gasteiger partial charge in [0.15, 0.2) is 0 Å². The molecule has 3 rings (SSSR count). The minimum Gasteiger partial charge on any atom is -0.355 e. The van der Waals surface area contributed by atoms with Gasteiger partial charge in [0, 0.05) is 35.4 Å². The molecule has 4 nitrogen and oxygen atoms in total. The molecule has 1 aromatic carbocycles. The van der Waals surface area contributed by atoms with Crippen molar-refractivity contribution in [2.24, 2.45) is 11.7 Å². The Labute approximate surface area is 141 Å². The zero-order chi connectivity index (χ0) is 16.2. The van der Waals surface area contributed by atoms with Crippen molar-refractivity contribution < 1.29 is 4.79 Å². The van der Waals surface area contributed by atoms with Gasteiger partial charge in [-0.2, -0.15) is 0 Å². The van der Waals surface area contributed by atoms with Crippen LogP contribution in [-0.4, -0.2) is 23.5 Å². The first-order chi connectivity index (χ1) is 11.1. The lowest BCUT2D eigenvalue weighted by Gasteiger charge is -2.09. The lowest BCUT2D eigenvalue weighted by Crippen LogP contribution is -2.31. The third kappa shape index (κ3) is 3.98. The Morgan fingerprint density at radius 2 is 2.13 bits per heavy atom. The van der Waals surface area contributed by atoms with Gasteiger partial charge in [-0.25, -0.2) is 4.98 Å². The molecule has 5 heteroatoms. The van der Waals surface area contributed by atoms with Crippen molar-refractivity contribution in [3.05, 3.63) is 40.2 Å². The summed E-state index contributed by atoms with van der Waals surface area (Å²) in [6, 6.07) is 10.4. The lowest BCUT2D eigenvalue weighted by atomic mass is 10.1. The summed E-state index contributed by atoms with van der Waals surface area (Å²) >= 11 is 1.71. The van der Waals surface area contributed by atoms with E-state index in [0.717, 1.165) is 41.9 Å². The predicted octanol–water partition coefficient (Wildman–Crippen LogP) is 2.90. The van der Waals surface area contributed by atoms with E-state index < -0.39 is 0 Å². The Morgan fingerprint density at radius 3 is 2.83 bits per heavy atom. The van der Waals surface area contributed by atoms with Crippen molar-refractivity contribution in [2.75, 3.05) is 6.54 Å². The molecule has 2 aromatic rings. The predicted molar refractivity (Wildman–Crippen MR) is 94.3 cm³/mol.